The zero-order chi connectivity index (χ0) is 18.5. The second kappa shape index (κ2) is 8.31. The van der Waals surface area contributed by atoms with Crippen LogP contribution in [-0.2, 0) is 7.86 Å². The number of aromatic nitrogens is 1. The van der Waals surface area contributed by atoms with E-state index in [2.05, 4.69) is 40.1 Å². The van der Waals surface area contributed by atoms with Gasteiger partial charge in [-0.3, -0.25) is 0 Å². The molecule has 0 aliphatic heterocycles. The van der Waals surface area contributed by atoms with Gasteiger partial charge in [0.25, 0.3) is 0 Å². The summed E-state index contributed by atoms with van der Waals surface area (Å²) in [5.74, 6) is 0.516. The van der Waals surface area contributed by atoms with E-state index < -0.39 is 20.5 Å². The first kappa shape index (κ1) is 18.4. The van der Waals surface area contributed by atoms with Crippen molar-refractivity contribution in [3.63, 3.8) is 0 Å². The number of nitrogens with zero attached hydrogens (tertiary/aromatic N) is 2. The summed E-state index contributed by atoms with van der Waals surface area (Å²) in [6, 6.07) is 22.1. The van der Waals surface area contributed by atoms with Crippen LogP contribution in [0.2, 0.25) is 0 Å². The molecule has 0 radical (unpaired) electrons. The van der Waals surface area contributed by atoms with Crippen LogP contribution in [0, 0.1) is 17.4 Å². The predicted octanol–water partition coefficient (Wildman–Crippen LogP) is 5.61. The summed E-state index contributed by atoms with van der Waals surface area (Å²) in [7, 11) is 0. The summed E-state index contributed by atoms with van der Waals surface area (Å²) < 4.78 is 9.07. The van der Waals surface area contributed by atoms with Crippen LogP contribution < -0.4 is 3.11 Å². The van der Waals surface area contributed by atoms with Crippen molar-refractivity contribution in [2.24, 2.45) is 0 Å². The van der Waals surface area contributed by atoms with E-state index in [1.54, 1.807) is 6.20 Å². The van der Waals surface area contributed by atoms with Crippen molar-refractivity contribution in [3.8, 4) is 0 Å². The minimum atomic E-state index is -2.57. The van der Waals surface area contributed by atoms with Crippen LogP contribution in [0.15, 0.2) is 72.9 Å². The number of carbonyl (C=O) groups is 1. The number of pyridine rings is 1. The van der Waals surface area contributed by atoms with Gasteiger partial charge in [-0.15, -0.1) is 0 Å². The summed E-state index contributed by atoms with van der Waals surface area (Å²) in [4.78, 5) is 16.5. The molecular weight excluding hydrogens is 439 g/mol. The Morgan fingerprint density at radius 2 is 1.73 bits per heavy atom. The normalized spacial score (nSPS) is 11.0. The molecule has 0 spiro atoms. The van der Waals surface area contributed by atoms with Gasteiger partial charge in [0.15, 0.2) is 0 Å². The van der Waals surface area contributed by atoms with Gasteiger partial charge in [-0.2, -0.15) is 0 Å². The third kappa shape index (κ3) is 4.22. The van der Waals surface area contributed by atoms with E-state index in [4.69, 9.17) is 3.07 Å². The number of carbonyl (C=O) groups excluding carboxylic acids is 1. The number of hydrogen-bond donors (Lipinski definition) is 0. The fourth-order valence-corrected chi connectivity index (χ4v) is 6.84. The Hall–Kier alpha value is -2.41. The summed E-state index contributed by atoms with van der Waals surface area (Å²) in [6.07, 6.45) is 1.76. The van der Waals surface area contributed by atoms with E-state index >= 15 is 0 Å². The Bertz CT molecular complexity index is 885. The molecule has 0 fully saturated rings. The second-order valence-corrected chi connectivity index (χ2v) is 9.82. The van der Waals surface area contributed by atoms with Crippen molar-refractivity contribution < 1.29 is 7.86 Å². The maximum atomic E-state index is 11.9. The molecule has 0 N–H and O–H groups in total. The van der Waals surface area contributed by atoms with Crippen LogP contribution in [-0.4, -0.2) is 11.0 Å². The van der Waals surface area contributed by atoms with Crippen LogP contribution in [0.3, 0.4) is 0 Å². The van der Waals surface area contributed by atoms with Gasteiger partial charge >= 0.3 is 162 Å². The van der Waals surface area contributed by atoms with E-state index in [0.717, 1.165) is 26.2 Å². The molecule has 0 amide bonds. The zero-order valence-electron chi connectivity index (χ0n) is 15.0. The van der Waals surface area contributed by atoms with Crippen LogP contribution in [0.4, 0.5) is 11.5 Å². The van der Waals surface area contributed by atoms with Crippen molar-refractivity contribution >= 4 is 38.0 Å². The topological polar surface area (TPSA) is 42.4 Å². The molecule has 1 aromatic heterocycles. The monoisotopic (exact) mass is 460 g/mol. The summed E-state index contributed by atoms with van der Waals surface area (Å²) in [5.41, 5.74) is 3.30. The molecule has 4 nitrogen and oxygen atoms in total. The van der Waals surface area contributed by atoms with E-state index in [9.17, 15) is 4.79 Å². The second-order valence-electron chi connectivity index (χ2n) is 5.85. The van der Waals surface area contributed by atoms with Gasteiger partial charge in [0.05, 0.1) is 0 Å². The first-order valence-corrected chi connectivity index (χ1v) is 11.2. The van der Waals surface area contributed by atoms with Crippen LogP contribution in [0.5, 0.6) is 0 Å². The van der Waals surface area contributed by atoms with Crippen molar-refractivity contribution in [2.75, 3.05) is 3.11 Å². The van der Waals surface area contributed by atoms with Crippen molar-refractivity contribution in [1.82, 2.24) is 4.98 Å². The molecule has 3 rings (SSSR count). The Kier molecular flexibility index (Phi) is 5.88. The Morgan fingerprint density at radius 1 is 1.00 bits per heavy atom. The Morgan fingerprint density at radius 3 is 2.38 bits per heavy atom. The average Bonchev–Trinajstić information content (AvgIpc) is 2.65. The zero-order valence-corrected chi connectivity index (χ0v) is 17.2. The molecule has 3 aromatic rings. The number of hydrogen-bond acceptors (Lipinski definition) is 4. The molecular formula is C21H21IN2O2. The van der Waals surface area contributed by atoms with Gasteiger partial charge in [0, 0.05) is 0 Å². The maximum absolute atomic E-state index is 11.9. The molecule has 0 aliphatic carbocycles. The van der Waals surface area contributed by atoms with Crippen LogP contribution in [0.25, 0.3) is 0 Å². The average molecular weight is 460 g/mol. The molecule has 0 unspecified atom stereocenters. The fourth-order valence-electron chi connectivity index (χ4n) is 2.49. The summed E-state index contributed by atoms with van der Waals surface area (Å²) in [5, 5.41) is 0. The first-order valence-electron chi connectivity index (χ1n) is 8.29. The number of anilines is 2. The van der Waals surface area contributed by atoms with Crippen molar-refractivity contribution in [3.05, 3.63) is 87.6 Å². The molecule has 1 heterocycles. The number of halogens is 1. The van der Waals surface area contributed by atoms with Gasteiger partial charge in [-0.25, -0.2) is 0 Å². The molecule has 0 aliphatic rings. The third-order valence-corrected chi connectivity index (χ3v) is 8.39. The SMILES string of the molecule is CC(=O)OI(c1ccccc1)N(c1ccccn1)c1cc(C)ccc1C. The number of benzene rings is 2. The van der Waals surface area contributed by atoms with E-state index in [0.29, 0.717) is 0 Å². The molecule has 0 bridgehead atoms. The number of rotatable bonds is 5. The van der Waals surface area contributed by atoms with Gasteiger partial charge in [-0.05, 0) is 0 Å². The summed E-state index contributed by atoms with van der Waals surface area (Å²) >= 11 is -2.57. The quantitative estimate of drug-likeness (QED) is 0.367. The summed E-state index contributed by atoms with van der Waals surface area (Å²) in [6.45, 7) is 5.59. The fraction of sp³-hybridized carbons (Fsp3) is 0.143. The molecule has 134 valence electrons. The third-order valence-electron chi connectivity index (χ3n) is 3.68. The van der Waals surface area contributed by atoms with Crippen LogP contribution >= 0.6 is 20.5 Å². The van der Waals surface area contributed by atoms with Crippen LogP contribution in [0.1, 0.15) is 18.1 Å². The molecule has 0 atom stereocenters. The first-order chi connectivity index (χ1) is 12.6. The molecule has 2 aromatic carbocycles. The Labute approximate surface area is 162 Å². The van der Waals surface area contributed by atoms with E-state index in [1.165, 1.54) is 6.92 Å². The Balaban J connectivity index is 2.20. The standard InChI is InChI=1S/C21H21IN2O2/c1-16-12-13-17(2)20(15-16)24(21-11-7-8-14-23-21)22(26-18(3)25)19-9-5-4-6-10-19/h4-15H,1-3H3. The van der Waals surface area contributed by atoms with Crippen molar-refractivity contribution in [1.29, 1.82) is 0 Å². The van der Waals surface area contributed by atoms with Gasteiger partial charge in [0.1, 0.15) is 0 Å². The molecule has 0 saturated carbocycles. The van der Waals surface area contributed by atoms with E-state index in [-0.39, 0.29) is 5.97 Å². The van der Waals surface area contributed by atoms with E-state index in [1.807, 2.05) is 48.5 Å². The molecule has 5 heteroatoms. The van der Waals surface area contributed by atoms with Gasteiger partial charge < -0.3 is 0 Å². The predicted molar refractivity (Wildman–Crippen MR) is 113 cm³/mol. The molecule has 26 heavy (non-hydrogen) atoms. The van der Waals surface area contributed by atoms with Crippen molar-refractivity contribution in [2.45, 2.75) is 20.8 Å². The minimum absolute atomic E-state index is 0.273. The number of aryl methyl sites for hydroxylation is 2. The molecule has 0 saturated heterocycles. The van der Waals surface area contributed by atoms with Gasteiger partial charge in [0.2, 0.25) is 0 Å². The van der Waals surface area contributed by atoms with Gasteiger partial charge in [-0.1, -0.05) is 0 Å².